The van der Waals surface area contributed by atoms with Crippen LogP contribution in [0.2, 0.25) is 5.02 Å². The van der Waals surface area contributed by atoms with Gasteiger partial charge in [0, 0.05) is 29.3 Å². The molecule has 0 fully saturated rings. The standard InChI is InChI=1S/C17H15ClN2O/c1-20(13-4-6-14(21-2)7-5-13)17-9-10-19-16-11-12(18)3-8-15(16)17/h3-11H,1-2H3. The third-order valence-electron chi connectivity index (χ3n) is 3.50. The molecule has 0 aliphatic rings. The molecule has 3 rings (SSSR count). The van der Waals surface area contributed by atoms with E-state index in [0.717, 1.165) is 28.0 Å². The van der Waals surface area contributed by atoms with Gasteiger partial charge in [0.2, 0.25) is 0 Å². The molecule has 3 nitrogen and oxygen atoms in total. The van der Waals surface area contributed by atoms with Crippen LogP contribution in [0.1, 0.15) is 0 Å². The molecule has 21 heavy (non-hydrogen) atoms. The molecule has 0 spiro atoms. The van der Waals surface area contributed by atoms with Crippen LogP contribution >= 0.6 is 11.6 Å². The smallest absolute Gasteiger partial charge is 0.119 e. The number of aromatic nitrogens is 1. The molecule has 0 aliphatic carbocycles. The van der Waals surface area contributed by atoms with Crippen LogP contribution in [0.5, 0.6) is 5.75 Å². The predicted molar refractivity (Wildman–Crippen MR) is 87.8 cm³/mol. The van der Waals surface area contributed by atoms with Crippen molar-refractivity contribution in [2.75, 3.05) is 19.1 Å². The van der Waals surface area contributed by atoms with Crippen LogP contribution in [0, 0.1) is 0 Å². The molecule has 0 bridgehead atoms. The minimum atomic E-state index is 0.694. The van der Waals surface area contributed by atoms with Crippen molar-refractivity contribution in [2.24, 2.45) is 0 Å². The molecule has 1 heterocycles. The van der Waals surface area contributed by atoms with E-state index in [0.29, 0.717) is 5.02 Å². The maximum absolute atomic E-state index is 6.03. The monoisotopic (exact) mass is 298 g/mol. The van der Waals surface area contributed by atoms with E-state index in [1.165, 1.54) is 0 Å². The number of anilines is 2. The molecule has 0 amide bonds. The molecule has 0 aliphatic heterocycles. The molecule has 1 aromatic heterocycles. The van der Waals surface area contributed by atoms with E-state index < -0.39 is 0 Å². The van der Waals surface area contributed by atoms with Crippen molar-refractivity contribution in [3.63, 3.8) is 0 Å². The van der Waals surface area contributed by atoms with Crippen LogP contribution in [0.4, 0.5) is 11.4 Å². The first-order valence-corrected chi connectivity index (χ1v) is 6.99. The molecular formula is C17H15ClN2O. The van der Waals surface area contributed by atoms with E-state index in [1.807, 2.05) is 55.6 Å². The van der Waals surface area contributed by atoms with Gasteiger partial charge in [0.25, 0.3) is 0 Å². The number of halogens is 1. The number of nitrogens with zero attached hydrogens (tertiary/aromatic N) is 2. The fraction of sp³-hybridized carbons (Fsp3) is 0.118. The van der Waals surface area contributed by atoms with Gasteiger partial charge in [-0.05, 0) is 48.5 Å². The van der Waals surface area contributed by atoms with Crippen molar-refractivity contribution in [1.82, 2.24) is 4.98 Å². The average Bonchev–Trinajstić information content (AvgIpc) is 2.53. The molecule has 2 aromatic carbocycles. The highest BCUT2D eigenvalue weighted by Crippen LogP contribution is 2.31. The second-order valence-corrected chi connectivity index (χ2v) is 5.19. The van der Waals surface area contributed by atoms with E-state index in [4.69, 9.17) is 16.3 Å². The van der Waals surface area contributed by atoms with E-state index >= 15 is 0 Å². The lowest BCUT2D eigenvalue weighted by molar-refractivity contribution is 0.415. The summed E-state index contributed by atoms with van der Waals surface area (Å²) in [5.41, 5.74) is 3.06. The fourth-order valence-electron chi connectivity index (χ4n) is 2.34. The Morgan fingerprint density at radius 3 is 2.52 bits per heavy atom. The summed E-state index contributed by atoms with van der Waals surface area (Å²) in [5, 5.41) is 1.76. The summed E-state index contributed by atoms with van der Waals surface area (Å²) in [4.78, 5) is 6.50. The molecule has 106 valence electrons. The van der Waals surface area contributed by atoms with Gasteiger partial charge in [-0.15, -0.1) is 0 Å². The molecule has 0 saturated heterocycles. The lowest BCUT2D eigenvalue weighted by Gasteiger charge is -2.21. The van der Waals surface area contributed by atoms with E-state index in [9.17, 15) is 0 Å². The zero-order valence-corrected chi connectivity index (χ0v) is 12.6. The summed E-state index contributed by atoms with van der Waals surface area (Å²) in [6.45, 7) is 0. The van der Waals surface area contributed by atoms with E-state index in [1.54, 1.807) is 13.3 Å². The van der Waals surface area contributed by atoms with Gasteiger partial charge in [-0.1, -0.05) is 11.6 Å². The molecule has 3 aromatic rings. The minimum Gasteiger partial charge on any atom is -0.497 e. The number of rotatable bonds is 3. The highest BCUT2D eigenvalue weighted by molar-refractivity contribution is 6.31. The largest absolute Gasteiger partial charge is 0.497 e. The summed E-state index contributed by atoms with van der Waals surface area (Å²) in [6.07, 6.45) is 1.80. The van der Waals surface area contributed by atoms with Crippen molar-refractivity contribution in [2.45, 2.75) is 0 Å². The van der Waals surface area contributed by atoms with Crippen LogP contribution in [0.3, 0.4) is 0 Å². The lowest BCUT2D eigenvalue weighted by Crippen LogP contribution is -2.10. The van der Waals surface area contributed by atoms with Gasteiger partial charge in [-0.25, -0.2) is 0 Å². The van der Waals surface area contributed by atoms with Crippen LogP contribution in [0.15, 0.2) is 54.7 Å². The number of benzene rings is 2. The van der Waals surface area contributed by atoms with Gasteiger partial charge < -0.3 is 9.64 Å². The van der Waals surface area contributed by atoms with Gasteiger partial charge in [-0.3, -0.25) is 4.98 Å². The topological polar surface area (TPSA) is 25.4 Å². The number of fused-ring (bicyclic) bond motifs is 1. The third-order valence-corrected chi connectivity index (χ3v) is 3.74. The van der Waals surface area contributed by atoms with E-state index in [2.05, 4.69) is 9.88 Å². The Morgan fingerprint density at radius 1 is 1.05 bits per heavy atom. The van der Waals surface area contributed by atoms with Gasteiger partial charge in [-0.2, -0.15) is 0 Å². The molecule has 0 saturated carbocycles. The van der Waals surface area contributed by atoms with Crippen LogP contribution in [0.25, 0.3) is 10.9 Å². The zero-order chi connectivity index (χ0) is 14.8. The summed E-state index contributed by atoms with van der Waals surface area (Å²) < 4.78 is 5.19. The lowest BCUT2D eigenvalue weighted by atomic mass is 10.1. The van der Waals surface area contributed by atoms with Crippen LogP contribution in [-0.4, -0.2) is 19.1 Å². The SMILES string of the molecule is COc1ccc(N(C)c2ccnc3cc(Cl)ccc23)cc1. The van der Waals surface area contributed by atoms with Crippen molar-refractivity contribution >= 4 is 33.9 Å². The van der Waals surface area contributed by atoms with Crippen molar-refractivity contribution in [1.29, 1.82) is 0 Å². The molecule has 0 N–H and O–H groups in total. The third kappa shape index (κ3) is 2.65. The van der Waals surface area contributed by atoms with Gasteiger partial charge in [0.15, 0.2) is 0 Å². The fourth-order valence-corrected chi connectivity index (χ4v) is 2.51. The maximum atomic E-state index is 6.03. The number of hydrogen-bond acceptors (Lipinski definition) is 3. The molecule has 0 atom stereocenters. The Bertz CT molecular complexity index is 771. The highest BCUT2D eigenvalue weighted by Gasteiger charge is 2.09. The Hall–Kier alpha value is -2.26. The summed E-state index contributed by atoms with van der Waals surface area (Å²) in [7, 11) is 3.70. The molecule has 4 heteroatoms. The number of ether oxygens (including phenoxy) is 1. The van der Waals surface area contributed by atoms with Crippen molar-refractivity contribution < 1.29 is 4.74 Å². The number of pyridine rings is 1. The normalized spacial score (nSPS) is 10.6. The van der Waals surface area contributed by atoms with Gasteiger partial charge in [0.1, 0.15) is 5.75 Å². The van der Waals surface area contributed by atoms with Crippen LogP contribution in [-0.2, 0) is 0 Å². The molecule has 0 unspecified atom stereocenters. The zero-order valence-electron chi connectivity index (χ0n) is 11.9. The summed E-state index contributed by atoms with van der Waals surface area (Å²) in [6, 6.07) is 15.7. The molecular weight excluding hydrogens is 284 g/mol. The summed E-state index contributed by atoms with van der Waals surface area (Å²) in [5.74, 6) is 0.846. The number of methoxy groups -OCH3 is 1. The first kappa shape index (κ1) is 13.7. The first-order chi connectivity index (χ1) is 10.2. The van der Waals surface area contributed by atoms with Crippen molar-refractivity contribution in [3.8, 4) is 5.75 Å². The Balaban J connectivity index is 2.06. The van der Waals surface area contributed by atoms with E-state index in [-0.39, 0.29) is 0 Å². The number of hydrogen-bond donors (Lipinski definition) is 0. The summed E-state index contributed by atoms with van der Waals surface area (Å²) >= 11 is 6.03. The van der Waals surface area contributed by atoms with Crippen LogP contribution < -0.4 is 9.64 Å². The predicted octanol–water partition coefficient (Wildman–Crippen LogP) is 4.66. The van der Waals surface area contributed by atoms with Crippen molar-refractivity contribution in [3.05, 3.63) is 59.8 Å². The second kappa shape index (κ2) is 5.62. The Kier molecular flexibility index (Phi) is 3.67. The average molecular weight is 299 g/mol. The van der Waals surface area contributed by atoms with Gasteiger partial charge >= 0.3 is 0 Å². The quantitative estimate of drug-likeness (QED) is 0.703. The first-order valence-electron chi connectivity index (χ1n) is 6.61. The maximum Gasteiger partial charge on any atom is 0.119 e. The van der Waals surface area contributed by atoms with Gasteiger partial charge in [0.05, 0.1) is 18.3 Å². The Labute approximate surface area is 128 Å². The Morgan fingerprint density at radius 2 is 1.81 bits per heavy atom. The molecule has 0 radical (unpaired) electrons. The minimum absolute atomic E-state index is 0.694. The second-order valence-electron chi connectivity index (χ2n) is 4.75. The highest BCUT2D eigenvalue weighted by atomic mass is 35.5.